The summed E-state index contributed by atoms with van der Waals surface area (Å²) in [6.45, 7) is 1.96. The average Bonchev–Trinajstić information content (AvgIpc) is 3.38. The lowest BCUT2D eigenvalue weighted by molar-refractivity contribution is 0.0583. The summed E-state index contributed by atoms with van der Waals surface area (Å²) in [4.78, 5) is 24.7. The van der Waals surface area contributed by atoms with Crippen LogP contribution in [0.3, 0.4) is 0 Å². The van der Waals surface area contributed by atoms with E-state index in [1.165, 1.54) is 0 Å². The van der Waals surface area contributed by atoms with Crippen molar-refractivity contribution in [1.29, 1.82) is 0 Å². The second-order valence-corrected chi connectivity index (χ2v) is 9.26. The summed E-state index contributed by atoms with van der Waals surface area (Å²) in [6, 6.07) is 18.2. The van der Waals surface area contributed by atoms with Crippen LogP contribution in [0.5, 0.6) is 0 Å². The maximum absolute atomic E-state index is 13.2. The summed E-state index contributed by atoms with van der Waals surface area (Å²) in [5.74, 6) is 2.38. The van der Waals surface area contributed by atoms with Gasteiger partial charge >= 0.3 is 0 Å². The van der Waals surface area contributed by atoms with Gasteiger partial charge in [-0.3, -0.25) is 14.9 Å². The van der Waals surface area contributed by atoms with Crippen molar-refractivity contribution in [2.24, 2.45) is 0 Å². The van der Waals surface area contributed by atoms with Gasteiger partial charge in [-0.15, -0.1) is 0 Å². The largest absolute Gasteiger partial charge is 0.367 e. The van der Waals surface area contributed by atoms with Gasteiger partial charge < -0.3 is 15.5 Å². The van der Waals surface area contributed by atoms with Crippen LogP contribution in [-0.2, 0) is 0 Å². The van der Waals surface area contributed by atoms with Gasteiger partial charge in [0.05, 0.1) is 5.52 Å². The molecule has 3 atom stereocenters. The Labute approximate surface area is 197 Å². The predicted octanol–water partition coefficient (Wildman–Crippen LogP) is 4.65. The topological polar surface area (TPSA) is 98.8 Å². The van der Waals surface area contributed by atoms with Crippen molar-refractivity contribution in [2.75, 3.05) is 10.6 Å². The number of carbonyl (C=O) groups is 1. The number of anilines is 3. The van der Waals surface area contributed by atoms with Crippen LogP contribution in [-0.4, -0.2) is 49.1 Å². The zero-order chi connectivity index (χ0) is 23.1. The van der Waals surface area contributed by atoms with E-state index in [0.717, 1.165) is 59.5 Å². The second-order valence-electron chi connectivity index (χ2n) is 9.26. The molecule has 34 heavy (non-hydrogen) atoms. The molecule has 1 amide bonds. The first kappa shape index (κ1) is 20.7. The van der Waals surface area contributed by atoms with Crippen LogP contribution in [0, 0.1) is 6.92 Å². The van der Waals surface area contributed by atoms with Crippen molar-refractivity contribution in [3.8, 4) is 0 Å². The highest BCUT2D eigenvalue weighted by Gasteiger charge is 2.43. The van der Waals surface area contributed by atoms with E-state index in [1.54, 1.807) is 6.20 Å². The highest BCUT2D eigenvalue weighted by Crippen LogP contribution is 2.38. The van der Waals surface area contributed by atoms with Crippen LogP contribution in [0.4, 0.5) is 17.5 Å². The number of nitrogens with one attached hydrogen (secondary N) is 3. The number of hydrogen-bond acceptors (Lipinski definition) is 6. The van der Waals surface area contributed by atoms with E-state index in [0.29, 0.717) is 5.82 Å². The molecule has 3 N–H and O–H groups in total. The van der Waals surface area contributed by atoms with E-state index in [2.05, 4.69) is 30.7 Å². The third-order valence-corrected chi connectivity index (χ3v) is 6.89. The van der Waals surface area contributed by atoms with Gasteiger partial charge in [-0.05, 0) is 56.9 Å². The number of benzene rings is 1. The van der Waals surface area contributed by atoms with E-state index in [9.17, 15) is 4.79 Å². The highest BCUT2D eigenvalue weighted by molar-refractivity contribution is 5.95. The Balaban J connectivity index is 1.24. The molecule has 0 saturated carbocycles. The lowest BCUT2D eigenvalue weighted by Gasteiger charge is -2.39. The number of H-pyrrole nitrogens is 1. The molecule has 0 spiro atoms. The summed E-state index contributed by atoms with van der Waals surface area (Å²) in [7, 11) is 0. The molecule has 8 heteroatoms. The van der Waals surface area contributed by atoms with Gasteiger partial charge in [-0.2, -0.15) is 5.10 Å². The lowest BCUT2D eigenvalue weighted by Crippen LogP contribution is -2.49. The Hall–Kier alpha value is -3.94. The number of nitrogens with zero attached hydrogens (tertiary/aromatic N) is 4. The fourth-order valence-electron chi connectivity index (χ4n) is 5.41. The summed E-state index contributed by atoms with van der Waals surface area (Å²) in [6.07, 6.45) is 5.72. The van der Waals surface area contributed by atoms with Gasteiger partial charge in [0.15, 0.2) is 5.82 Å². The Morgan fingerprint density at radius 2 is 1.82 bits per heavy atom. The number of aromatic nitrogens is 4. The average molecular weight is 454 g/mol. The molecule has 1 aromatic carbocycles. The SMILES string of the molecule is Cc1cc(Nc2cc3ncccc3c(NC3C[C@H]4CC[C@@H](C3)N4C(=O)c3ccccc3)n2)n[nH]1. The monoisotopic (exact) mass is 453 g/mol. The van der Waals surface area contributed by atoms with Gasteiger partial charge in [0.25, 0.3) is 5.91 Å². The van der Waals surface area contributed by atoms with Crippen LogP contribution in [0.15, 0.2) is 60.8 Å². The van der Waals surface area contributed by atoms with E-state index >= 15 is 0 Å². The fourth-order valence-corrected chi connectivity index (χ4v) is 5.41. The number of pyridine rings is 2. The maximum atomic E-state index is 13.2. The first-order chi connectivity index (χ1) is 16.6. The zero-order valence-corrected chi connectivity index (χ0v) is 19.0. The first-order valence-electron chi connectivity index (χ1n) is 11.8. The molecule has 1 unspecified atom stereocenters. The molecular formula is C26H27N7O. The van der Waals surface area contributed by atoms with Gasteiger partial charge in [0.1, 0.15) is 11.6 Å². The molecule has 0 radical (unpaired) electrons. The molecule has 2 aliphatic heterocycles. The number of rotatable bonds is 5. The van der Waals surface area contributed by atoms with Gasteiger partial charge in [-0.25, -0.2) is 4.98 Å². The minimum Gasteiger partial charge on any atom is -0.367 e. The standard InChI is InChI=1S/C26H27N7O/c1-16-12-24(32-31-16)29-23-15-22-21(8-5-11-27-22)25(30-23)28-18-13-19-9-10-20(14-18)33(19)26(34)17-6-3-2-4-7-17/h2-8,11-12,15,18-20H,9-10,13-14H2,1H3,(H3,28,29,30,31,32)/t18?,19-,20+. The van der Waals surface area contributed by atoms with E-state index in [4.69, 9.17) is 4.98 Å². The second kappa shape index (κ2) is 8.44. The van der Waals surface area contributed by atoms with Crippen LogP contribution in [0.25, 0.3) is 10.9 Å². The van der Waals surface area contributed by atoms with Crippen molar-refractivity contribution in [3.05, 3.63) is 72.1 Å². The summed E-state index contributed by atoms with van der Waals surface area (Å²) >= 11 is 0. The zero-order valence-electron chi connectivity index (χ0n) is 19.0. The Bertz CT molecular complexity index is 1320. The number of piperidine rings is 1. The molecule has 3 aromatic heterocycles. The van der Waals surface area contributed by atoms with E-state index in [1.807, 2.05) is 61.5 Å². The van der Waals surface area contributed by atoms with Gasteiger partial charge in [0.2, 0.25) is 0 Å². The normalized spacial score (nSPS) is 21.6. The smallest absolute Gasteiger partial charge is 0.254 e. The van der Waals surface area contributed by atoms with Crippen LogP contribution in [0.1, 0.15) is 41.7 Å². The maximum Gasteiger partial charge on any atom is 0.254 e. The Kier molecular flexibility index (Phi) is 5.13. The van der Waals surface area contributed by atoms with Crippen LogP contribution >= 0.6 is 0 Å². The van der Waals surface area contributed by atoms with Crippen molar-refractivity contribution in [2.45, 2.75) is 50.7 Å². The minimum atomic E-state index is 0.153. The molecule has 4 aromatic rings. The number of carbonyl (C=O) groups excluding carboxylic acids is 1. The predicted molar refractivity (Wildman–Crippen MR) is 132 cm³/mol. The quantitative estimate of drug-likeness (QED) is 0.407. The third kappa shape index (κ3) is 3.85. The van der Waals surface area contributed by atoms with Crippen LogP contribution in [0.2, 0.25) is 0 Å². The molecule has 6 rings (SSSR count). The number of aryl methyl sites for hydroxylation is 1. The van der Waals surface area contributed by atoms with E-state index in [-0.39, 0.29) is 24.0 Å². The molecule has 2 fully saturated rings. The molecule has 2 saturated heterocycles. The highest BCUT2D eigenvalue weighted by atomic mass is 16.2. The number of fused-ring (bicyclic) bond motifs is 3. The molecular weight excluding hydrogens is 426 g/mol. The number of hydrogen-bond donors (Lipinski definition) is 3. The summed E-state index contributed by atoms with van der Waals surface area (Å²) in [5, 5.41) is 15.2. The number of aromatic amines is 1. The molecule has 2 bridgehead atoms. The summed E-state index contributed by atoms with van der Waals surface area (Å²) in [5.41, 5.74) is 2.62. The Morgan fingerprint density at radius 1 is 1.03 bits per heavy atom. The van der Waals surface area contributed by atoms with Crippen LogP contribution < -0.4 is 10.6 Å². The lowest BCUT2D eigenvalue weighted by atomic mass is 9.96. The minimum absolute atomic E-state index is 0.153. The van der Waals surface area contributed by atoms with Crippen molar-refractivity contribution >= 4 is 34.3 Å². The fraction of sp³-hybridized carbons (Fsp3) is 0.308. The van der Waals surface area contributed by atoms with E-state index < -0.39 is 0 Å². The number of amides is 1. The Morgan fingerprint density at radius 3 is 2.56 bits per heavy atom. The molecule has 5 heterocycles. The molecule has 8 nitrogen and oxygen atoms in total. The van der Waals surface area contributed by atoms with Gasteiger partial charge in [-0.1, -0.05) is 18.2 Å². The summed E-state index contributed by atoms with van der Waals surface area (Å²) < 4.78 is 0. The first-order valence-corrected chi connectivity index (χ1v) is 11.8. The van der Waals surface area contributed by atoms with Crippen molar-refractivity contribution in [1.82, 2.24) is 25.1 Å². The molecule has 172 valence electrons. The van der Waals surface area contributed by atoms with Crippen molar-refractivity contribution < 1.29 is 4.79 Å². The molecule has 0 aliphatic carbocycles. The molecule has 2 aliphatic rings. The third-order valence-electron chi connectivity index (χ3n) is 6.89. The van der Waals surface area contributed by atoms with Crippen molar-refractivity contribution in [3.63, 3.8) is 0 Å². The van der Waals surface area contributed by atoms with Gasteiger partial charge in [0, 0.05) is 53.1 Å².